The molecule has 0 aliphatic heterocycles. The second-order valence-corrected chi connectivity index (χ2v) is 14.2. The molecule has 50 heavy (non-hydrogen) atoms. The van der Waals surface area contributed by atoms with Gasteiger partial charge in [0.1, 0.15) is 12.6 Å². The number of amides is 1. The first-order valence-corrected chi connectivity index (χ1v) is 17.2. The number of Topliss-reactive ketones (excluding diaryl/α,β-unsaturated/α-hetero) is 1. The van der Waals surface area contributed by atoms with E-state index in [9.17, 15) is 19.5 Å². The van der Waals surface area contributed by atoms with E-state index in [4.69, 9.17) is 9.47 Å². The van der Waals surface area contributed by atoms with E-state index in [-0.39, 0.29) is 24.0 Å². The van der Waals surface area contributed by atoms with Gasteiger partial charge in [-0.1, -0.05) is 81.4 Å². The first-order valence-electron chi connectivity index (χ1n) is 16.3. The van der Waals surface area contributed by atoms with Gasteiger partial charge in [0, 0.05) is 40.7 Å². The van der Waals surface area contributed by atoms with Crippen LogP contribution in [0.2, 0.25) is 0 Å². The Balaban J connectivity index is 1.27. The average Bonchev–Trinajstić information content (AvgIpc) is 3.63. The van der Waals surface area contributed by atoms with Gasteiger partial charge in [-0.05, 0) is 59.7 Å². The lowest BCUT2D eigenvalue weighted by atomic mass is 9.92. The third kappa shape index (κ3) is 9.21. The van der Waals surface area contributed by atoms with Crippen molar-refractivity contribution in [1.29, 1.82) is 0 Å². The van der Waals surface area contributed by atoms with Gasteiger partial charge in [-0.2, -0.15) is 0 Å². The van der Waals surface area contributed by atoms with Crippen LogP contribution in [0.25, 0.3) is 22.5 Å². The third-order valence-electron chi connectivity index (χ3n) is 8.23. The monoisotopic (exact) mass is 691 g/mol. The van der Waals surface area contributed by atoms with Crippen molar-refractivity contribution in [2.75, 3.05) is 7.11 Å². The quantitative estimate of drug-likeness (QED) is 0.113. The summed E-state index contributed by atoms with van der Waals surface area (Å²) in [6.07, 6.45) is 3.72. The summed E-state index contributed by atoms with van der Waals surface area (Å²) in [5.41, 5.74) is 4.26. The normalized spacial score (nSPS) is 12.5. The number of nitrogens with one attached hydrogen (secondary N) is 1. The standard InChI is InChI=1S/C40H41N3O6S/c1-25(39(46)47)43-38(45)30(20-32(44)35-17-18-36(50-35)40(2,3)4)19-26-11-13-28(14-12-26)37-41-22-31(23-42-37)29-15-16-33(34(21-29)48-5)49-24-27-9-7-6-8-10-27/h6-18,21-23,25,30H,19-20,24H2,1-5H3,(H,43,45)(H,46,47)/t25-,30-/m1/s1. The van der Waals surface area contributed by atoms with Crippen LogP contribution >= 0.6 is 11.3 Å². The van der Waals surface area contributed by atoms with E-state index in [1.807, 2.05) is 78.9 Å². The number of thiophene rings is 1. The fourth-order valence-electron chi connectivity index (χ4n) is 5.27. The Bertz CT molecular complexity index is 1930. The smallest absolute Gasteiger partial charge is 0.325 e. The molecule has 1 amide bonds. The topological polar surface area (TPSA) is 128 Å². The lowest BCUT2D eigenvalue weighted by molar-refractivity contribution is -0.141. The summed E-state index contributed by atoms with van der Waals surface area (Å²) in [7, 11) is 1.60. The molecule has 0 saturated heterocycles. The Kier molecular flexibility index (Phi) is 11.4. The molecule has 2 atom stereocenters. The highest BCUT2D eigenvalue weighted by Crippen LogP contribution is 2.34. The zero-order chi connectivity index (χ0) is 35.8. The Morgan fingerprint density at radius 3 is 2.14 bits per heavy atom. The minimum Gasteiger partial charge on any atom is -0.493 e. The van der Waals surface area contributed by atoms with Crippen molar-refractivity contribution in [2.24, 2.45) is 5.92 Å². The van der Waals surface area contributed by atoms with Crippen LogP contribution in [0.5, 0.6) is 11.5 Å². The molecule has 2 heterocycles. The molecule has 2 aromatic heterocycles. The molecular formula is C40H41N3O6S. The summed E-state index contributed by atoms with van der Waals surface area (Å²) in [5.74, 6) is -0.744. The van der Waals surface area contributed by atoms with E-state index in [1.165, 1.54) is 18.3 Å². The number of hydrogen-bond donors (Lipinski definition) is 2. The summed E-state index contributed by atoms with van der Waals surface area (Å²) in [6.45, 7) is 8.08. The van der Waals surface area contributed by atoms with E-state index < -0.39 is 23.8 Å². The number of aromatic nitrogens is 2. The van der Waals surface area contributed by atoms with Gasteiger partial charge in [-0.3, -0.25) is 14.4 Å². The van der Waals surface area contributed by atoms with Crippen LogP contribution in [0.3, 0.4) is 0 Å². The number of methoxy groups -OCH3 is 1. The Hall–Kier alpha value is -5.35. The number of aliphatic carboxylic acids is 1. The van der Waals surface area contributed by atoms with E-state index in [2.05, 4.69) is 36.1 Å². The highest BCUT2D eigenvalue weighted by Gasteiger charge is 2.27. The van der Waals surface area contributed by atoms with Crippen LogP contribution in [0.15, 0.2) is 97.3 Å². The highest BCUT2D eigenvalue weighted by atomic mass is 32.1. The predicted octanol–water partition coefficient (Wildman–Crippen LogP) is 7.78. The van der Waals surface area contributed by atoms with E-state index >= 15 is 0 Å². The van der Waals surface area contributed by atoms with E-state index in [1.54, 1.807) is 25.6 Å². The maximum Gasteiger partial charge on any atom is 0.325 e. The molecule has 0 bridgehead atoms. The van der Waals surface area contributed by atoms with Gasteiger partial charge in [-0.15, -0.1) is 11.3 Å². The van der Waals surface area contributed by atoms with Crippen molar-refractivity contribution in [1.82, 2.24) is 15.3 Å². The highest BCUT2D eigenvalue weighted by molar-refractivity contribution is 7.14. The number of carbonyl (C=O) groups excluding carboxylic acids is 2. The molecule has 0 radical (unpaired) electrons. The number of nitrogens with zero attached hydrogens (tertiary/aromatic N) is 2. The van der Waals surface area contributed by atoms with Gasteiger partial charge in [0.05, 0.1) is 12.0 Å². The molecule has 5 aromatic rings. The Morgan fingerprint density at radius 1 is 0.840 bits per heavy atom. The number of benzene rings is 3. The van der Waals surface area contributed by atoms with Gasteiger partial charge in [0.15, 0.2) is 23.1 Å². The van der Waals surface area contributed by atoms with Crippen molar-refractivity contribution in [2.45, 2.75) is 58.6 Å². The first kappa shape index (κ1) is 35.9. The zero-order valence-corrected chi connectivity index (χ0v) is 29.6. The molecule has 258 valence electrons. The fourth-order valence-corrected chi connectivity index (χ4v) is 6.28. The molecule has 0 aliphatic rings. The van der Waals surface area contributed by atoms with E-state index in [0.717, 1.165) is 32.7 Å². The minimum atomic E-state index is -1.14. The molecule has 9 nitrogen and oxygen atoms in total. The first-order chi connectivity index (χ1) is 23.9. The lowest BCUT2D eigenvalue weighted by Crippen LogP contribution is -2.42. The van der Waals surface area contributed by atoms with Crippen LogP contribution in [0, 0.1) is 5.92 Å². The molecule has 0 aliphatic carbocycles. The lowest BCUT2D eigenvalue weighted by Gasteiger charge is -2.18. The second-order valence-electron chi connectivity index (χ2n) is 13.1. The summed E-state index contributed by atoms with van der Waals surface area (Å²) in [6, 6.07) is 25.8. The van der Waals surface area contributed by atoms with Crippen molar-refractivity contribution < 1.29 is 29.0 Å². The summed E-state index contributed by atoms with van der Waals surface area (Å²) >= 11 is 1.43. The molecular weight excluding hydrogens is 651 g/mol. The number of rotatable bonds is 14. The molecule has 0 spiro atoms. The van der Waals surface area contributed by atoms with Crippen molar-refractivity contribution >= 4 is 29.0 Å². The van der Waals surface area contributed by atoms with Gasteiger partial charge >= 0.3 is 5.97 Å². The molecule has 0 fully saturated rings. The largest absolute Gasteiger partial charge is 0.493 e. The predicted molar refractivity (Wildman–Crippen MR) is 195 cm³/mol. The van der Waals surface area contributed by atoms with Gasteiger partial charge in [0.2, 0.25) is 5.91 Å². The van der Waals surface area contributed by atoms with Crippen molar-refractivity contribution in [3.8, 4) is 34.0 Å². The molecule has 3 aromatic carbocycles. The molecule has 0 saturated carbocycles. The minimum absolute atomic E-state index is 0.0422. The number of hydrogen-bond acceptors (Lipinski definition) is 8. The fraction of sp³-hybridized carbons (Fsp3) is 0.275. The number of ketones is 1. The number of ether oxygens (including phenoxy) is 2. The number of carbonyl (C=O) groups is 3. The zero-order valence-electron chi connectivity index (χ0n) is 28.8. The van der Waals surface area contributed by atoms with Crippen LogP contribution in [0.4, 0.5) is 0 Å². The van der Waals surface area contributed by atoms with Crippen LogP contribution in [-0.2, 0) is 28.0 Å². The van der Waals surface area contributed by atoms with Gasteiger partial charge in [-0.25, -0.2) is 9.97 Å². The molecule has 2 N–H and O–H groups in total. The Labute approximate surface area is 296 Å². The number of carboxylic acids is 1. The summed E-state index contributed by atoms with van der Waals surface area (Å²) in [4.78, 5) is 48.8. The van der Waals surface area contributed by atoms with Crippen molar-refractivity contribution in [3.05, 3.63) is 118 Å². The number of carboxylic acid groups (broad SMARTS) is 1. The van der Waals surface area contributed by atoms with Crippen LogP contribution in [-0.4, -0.2) is 45.9 Å². The Morgan fingerprint density at radius 2 is 1.52 bits per heavy atom. The SMILES string of the molecule is COc1cc(-c2cnc(-c3ccc(C[C@H](CC(=O)c4ccc(C(C)(C)C)s4)C(=O)N[C@H](C)C(=O)O)cc3)nc2)ccc1OCc1ccccc1. The molecule has 10 heteroatoms. The van der Waals surface area contributed by atoms with Crippen LogP contribution in [0.1, 0.15) is 59.8 Å². The summed E-state index contributed by atoms with van der Waals surface area (Å²) < 4.78 is 11.6. The average molecular weight is 692 g/mol. The molecule has 0 unspecified atom stereocenters. The summed E-state index contributed by atoms with van der Waals surface area (Å²) in [5, 5.41) is 11.9. The third-order valence-corrected chi connectivity index (χ3v) is 9.78. The van der Waals surface area contributed by atoms with E-state index in [0.29, 0.717) is 28.8 Å². The maximum atomic E-state index is 13.3. The van der Waals surface area contributed by atoms with Gasteiger partial charge < -0.3 is 19.9 Å². The maximum absolute atomic E-state index is 13.3. The second kappa shape index (κ2) is 15.9. The van der Waals surface area contributed by atoms with Gasteiger partial charge in [0.25, 0.3) is 0 Å². The molecule has 5 rings (SSSR count). The van der Waals surface area contributed by atoms with Crippen molar-refractivity contribution in [3.63, 3.8) is 0 Å². The van der Waals surface area contributed by atoms with Crippen LogP contribution < -0.4 is 14.8 Å².